The molecule has 0 radical (unpaired) electrons. The van der Waals surface area contributed by atoms with Crippen LogP contribution in [0.2, 0.25) is 5.02 Å². The lowest BCUT2D eigenvalue weighted by Crippen LogP contribution is -2.31. The predicted molar refractivity (Wildman–Crippen MR) is 114 cm³/mol. The summed E-state index contributed by atoms with van der Waals surface area (Å²) in [5.74, 6) is 1.01. The first-order chi connectivity index (χ1) is 13.4. The van der Waals surface area contributed by atoms with Crippen LogP contribution in [0, 0.1) is 0 Å². The molecule has 1 aliphatic heterocycles. The Labute approximate surface area is 181 Å². The van der Waals surface area contributed by atoms with Crippen molar-refractivity contribution in [1.29, 1.82) is 0 Å². The van der Waals surface area contributed by atoms with Crippen LogP contribution in [0.25, 0.3) is 0 Å². The maximum Gasteiger partial charge on any atom is 0.289 e. The summed E-state index contributed by atoms with van der Waals surface area (Å²) in [6, 6.07) is 10.9. The highest BCUT2D eigenvalue weighted by Gasteiger charge is 2.40. The van der Waals surface area contributed by atoms with Crippen LogP contribution in [0.4, 0.5) is 4.79 Å². The van der Waals surface area contributed by atoms with E-state index in [1.54, 1.807) is 13.2 Å². The van der Waals surface area contributed by atoms with E-state index in [0.29, 0.717) is 29.5 Å². The lowest BCUT2D eigenvalue weighted by Gasteiger charge is -2.16. The second-order valence-corrected chi connectivity index (χ2v) is 8.54. The third-order valence-corrected chi connectivity index (χ3v) is 6.51. The van der Waals surface area contributed by atoms with E-state index < -0.39 is 5.25 Å². The standard InChI is InChI=1S/C20H19BrClNO4S/c1-3-27-17-10-14(21)13(8-16(17)26-2)9-18-19(24)23(20(25)28-18)11-12-6-4-5-7-15(12)22/h4-8,10,18H,3,9,11H2,1-2H3/t18-/m0/s1. The van der Waals surface area contributed by atoms with Gasteiger partial charge in [-0.25, -0.2) is 0 Å². The normalized spacial score (nSPS) is 16.6. The van der Waals surface area contributed by atoms with Crippen LogP contribution in [0.5, 0.6) is 11.5 Å². The molecule has 3 rings (SSSR count). The third kappa shape index (κ3) is 4.47. The summed E-state index contributed by atoms with van der Waals surface area (Å²) in [6.45, 7) is 2.59. The summed E-state index contributed by atoms with van der Waals surface area (Å²) in [5, 5.41) is -0.214. The van der Waals surface area contributed by atoms with Crippen molar-refractivity contribution in [3.05, 3.63) is 57.0 Å². The molecule has 2 aromatic carbocycles. The summed E-state index contributed by atoms with van der Waals surface area (Å²) in [6.07, 6.45) is 0.400. The largest absolute Gasteiger partial charge is 0.493 e. The zero-order valence-corrected chi connectivity index (χ0v) is 18.6. The number of rotatable bonds is 7. The van der Waals surface area contributed by atoms with Crippen molar-refractivity contribution in [3.8, 4) is 11.5 Å². The minimum absolute atomic E-state index is 0.175. The van der Waals surface area contributed by atoms with Crippen LogP contribution >= 0.6 is 39.3 Å². The van der Waals surface area contributed by atoms with E-state index in [4.69, 9.17) is 21.1 Å². The molecule has 0 aromatic heterocycles. The van der Waals surface area contributed by atoms with Crippen molar-refractivity contribution in [2.45, 2.75) is 25.1 Å². The first-order valence-corrected chi connectivity index (χ1v) is 10.7. The smallest absolute Gasteiger partial charge is 0.289 e. The highest BCUT2D eigenvalue weighted by Crippen LogP contribution is 2.37. The summed E-state index contributed by atoms with van der Waals surface area (Å²) < 4.78 is 11.8. The van der Waals surface area contributed by atoms with Gasteiger partial charge >= 0.3 is 0 Å². The lowest BCUT2D eigenvalue weighted by molar-refractivity contribution is -0.127. The van der Waals surface area contributed by atoms with E-state index in [0.717, 1.165) is 27.4 Å². The molecular weight excluding hydrogens is 466 g/mol. The minimum Gasteiger partial charge on any atom is -0.493 e. The van der Waals surface area contributed by atoms with Gasteiger partial charge in [0.25, 0.3) is 5.24 Å². The molecule has 28 heavy (non-hydrogen) atoms. The number of amides is 2. The molecule has 1 atom stereocenters. The first kappa shape index (κ1) is 21.0. The number of thioether (sulfide) groups is 1. The fraction of sp³-hybridized carbons (Fsp3) is 0.300. The van der Waals surface area contributed by atoms with E-state index in [2.05, 4.69) is 15.9 Å². The van der Waals surface area contributed by atoms with Crippen LogP contribution in [0.3, 0.4) is 0 Å². The number of halogens is 2. The van der Waals surface area contributed by atoms with Gasteiger partial charge in [-0.2, -0.15) is 0 Å². The molecule has 0 N–H and O–H groups in total. The Morgan fingerprint density at radius 3 is 2.61 bits per heavy atom. The molecule has 1 aliphatic rings. The minimum atomic E-state index is -0.492. The second-order valence-electron chi connectivity index (χ2n) is 6.12. The van der Waals surface area contributed by atoms with E-state index in [-0.39, 0.29) is 17.7 Å². The maximum atomic E-state index is 12.8. The Morgan fingerprint density at radius 2 is 1.93 bits per heavy atom. The van der Waals surface area contributed by atoms with E-state index >= 15 is 0 Å². The van der Waals surface area contributed by atoms with E-state index in [1.165, 1.54) is 4.90 Å². The molecule has 0 saturated carbocycles. The van der Waals surface area contributed by atoms with Crippen LogP contribution in [-0.4, -0.2) is 35.0 Å². The zero-order chi connectivity index (χ0) is 20.3. The molecule has 2 amide bonds. The topological polar surface area (TPSA) is 55.8 Å². The molecule has 2 aromatic rings. The van der Waals surface area contributed by atoms with Crippen molar-refractivity contribution < 1.29 is 19.1 Å². The number of nitrogens with zero attached hydrogens (tertiary/aromatic N) is 1. The van der Waals surface area contributed by atoms with Gasteiger partial charge in [-0.3, -0.25) is 14.5 Å². The average Bonchev–Trinajstić information content (AvgIpc) is 2.93. The van der Waals surface area contributed by atoms with Gasteiger partial charge in [0.05, 0.1) is 25.5 Å². The molecule has 148 valence electrons. The summed E-state index contributed by atoms with van der Waals surface area (Å²) in [7, 11) is 1.57. The molecule has 1 saturated heterocycles. The molecule has 1 fully saturated rings. The number of hydrogen-bond acceptors (Lipinski definition) is 5. The van der Waals surface area contributed by atoms with Crippen molar-refractivity contribution in [2.75, 3.05) is 13.7 Å². The van der Waals surface area contributed by atoms with Crippen LogP contribution < -0.4 is 9.47 Å². The number of benzene rings is 2. The van der Waals surface area contributed by atoms with Crippen LogP contribution in [0.15, 0.2) is 40.9 Å². The van der Waals surface area contributed by atoms with Crippen molar-refractivity contribution in [1.82, 2.24) is 4.90 Å². The summed E-state index contributed by atoms with van der Waals surface area (Å²) in [5.41, 5.74) is 1.62. The molecule has 1 heterocycles. The molecule has 0 unspecified atom stereocenters. The molecular formula is C20H19BrClNO4S. The van der Waals surface area contributed by atoms with Gasteiger partial charge in [0, 0.05) is 9.50 Å². The van der Waals surface area contributed by atoms with Crippen molar-refractivity contribution >= 4 is 50.4 Å². The maximum absolute atomic E-state index is 12.8. The van der Waals surface area contributed by atoms with Gasteiger partial charge in [-0.1, -0.05) is 57.5 Å². The second kappa shape index (κ2) is 9.20. The van der Waals surface area contributed by atoms with Gasteiger partial charge in [0.15, 0.2) is 11.5 Å². The number of ether oxygens (including phenoxy) is 2. The Balaban J connectivity index is 1.78. The van der Waals surface area contributed by atoms with Gasteiger partial charge < -0.3 is 9.47 Å². The highest BCUT2D eigenvalue weighted by molar-refractivity contribution is 9.10. The quantitative estimate of drug-likeness (QED) is 0.532. The lowest BCUT2D eigenvalue weighted by atomic mass is 10.1. The molecule has 0 aliphatic carbocycles. The number of carbonyl (C=O) groups excluding carboxylic acids is 2. The summed E-state index contributed by atoms with van der Waals surface area (Å²) >= 11 is 10.7. The summed E-state index contributed by atoms with van der Waals surface area (Å²) in [4.78, 5) is 26.5. The van der Waals surface area contributed by atoms with Crippen LogP contribution in [0.1, 0.15) is 18.1 Å². The van der Waals surface area contributed by atoms with Gasteiger partial charge in [-0.05, 0) is 42.7 Å². The number of carbonyl (C=O) groups is 2. The molecule has 0 bridgehead atoms. The molecule has 5 nitrogen and oxygen atoms in total. The fourth-order valence-corrected chi connectivity index (χ4v) is 4.62. The Kier molecular flexibility index (Phi) is 6.91. The van der Waals surface area contributed by atoms with Crippen molar-refractivity contribution in [2.24, 2.45) is 0 Å². The number of methoxy groups -OCH3 is 1. The Morgan fingerprint density at radius 1 is 1.18 bits per heavy atom. The van der Waals surface area contributed by atoms with Gasteiger partial charge in [0.1, 0.15) is 0 Å². The predicted octanol–water partition coefficient (Wildman–Crippen LogP) is 5.32. The third-order valence-electron chi connectivity index (χ3n) is 4.33. The van der Waals surface area contributed by atoms with Crippen LogP contribution in [-0.2, 0) is 17.8 Å². The molecule has 0 spiro atoms. The fourth-order valence-electron chi connectivity index (χ4n) is 2.93. The first-order valence-electron chi connectivity index (χ1n) is 8.69. The Bertz CT molecular complexity index is 908. The monoisotopic (exact) mass is 483 g/mol. The Hall–Kier alpha value is -1.70. The van der Waals surface area contributed by atoms with Gasteiger partial charge in [0.2, 0.25) is 5.91 Å². The number of imide groups is 1. The number of hydrogen-bond donors (Lipinski definition) is 0. The highest BCUT2D eigenvalue weighted by atomic mass is 79.9. The van der Waals surface area contributed by atoms with Crippen molar-refractivity contribution in [3.63, 3.8) is 0 Å². The van der Waals surface area contributed by atoms with Gasteiger partial charge in [-0.15, -0.1) is 0 Å². The molecule has 8 heteroatoms. The average molecular weight is 485 g/mol. The van der Waals surface area contributed by atoms with E-state index in [9.17, 15) is 9.59 Å². The zero-order valence-electron chi connectivity index (χ0n) is 15.4. The SMILES string of the molecule is CCOc1cc(Br)c(C[C@@H]2SC(=O)N(Cc3ccccc3Cl)C2=O)cc1OC. The van der Waals surface area contributed by atoms with E-state index in [1.807, 2.05) is 37.3 Å².